The second-order valence-corrected chi connectivity index (χ2v) is 7.42. The first-order valence-corrected chi connectivity index (χ1v) is 9.68. The third kappa shape index (κ3) is 4.16. The average Bonchev–Trinajstić information content (AvgIpc) is 2.67. The maximum absolute atomic E-state index is 12.8. The van der Waals surface area contributed by atoms with Crippen molar-refractivity contribution in [2.75, 3.05) is 16.8 Å². The first-order chi connectivity index (χ1) is 12.9. The molecule has 0 radical (unpaired) electrons. The van der Waals surface area contributed by atoms with Crippen LogP contribution in [0.5, 0.6) is 0 Å². The SMILES string of the molecule is N#C/C(=C/Nc1ccc(S(=O)(=O)O)cc1)C(=O)N1CCCc2ccccc21. The Morgan fingerprint density at radius 3 is 2.56 bits per heavy atom. The molecule has 0 bridgehead atoms. The fourth-order valence-corrected chi connectivity index (χ4v) is 3.39. The fraction of sp³-hybridized carbons (Fsp3) is 0.158. The Labute approximate surface area is 157 Å². The maximum atomic E-state index is 12.8. The molecular weight excluding hydrogens is 366 g/mol. The molecule has 0 atom stereocenters. The lowest BCUT2D eigenvalue weighted by Gasteiger charge is -2.29. The third-order valence-corrected chi connectivity index (χ3v) is 5.11. The van der Waals surface area contributed by atoms with Crippen LogP contribution in [-0.2, 0) is 21.3 Å². The van der Waals surface area contributed by atoms with Crippen LogP contribution in [0.15, 0.2) is 65.2 Å². The highest BCUT2D eigenvalue weighted by Crippen LogP contribution is 2.27. The molecule has 0 aromatic heterocycles. The predicted octanol–water partition coefficient (Wildman–Crippen LogP) is 2.73. The van der Waals surface area contributed by atoms with Gasteiger partial charge in [0, 0.05) is 24.1 Å². The number of para-hydroxylation sites is 1. The van der Waals surface area contributed by atoms with E-state index in [4.69, 9.17) is 4.55 Å². The standard InChI is InChI=1S/C19H17N3O4S/c20-12-15(13-21-16-7-9-17(10-8-16)27(24,25)26)19(23)22-11-3-5-14-4-1-2-6-18(14)22/h1-2,4,6-10,13,21H,3,5,11H2,(H,24,25,26)/b15-13-. The first-order valence-electron chi connectivity index (χ1n) is 8.24. The highest BCUT2D eigenvalue weighted by Gasteiger charge is 2.24. The van der Waals surface area contributed by atoms with E-state index in [-0.39, 0.29) is 10.5 Å². The van der Waals surface area contributed by atoms with Crippen LogP contribution in [0.4, 0.5) is 11.4 Å². The van der Waals surface area contributed by atoms with Gasteiger partial charge in [0.25, 0.3) is 16.0 Å². The van der Waals surface area contributed by atoms with E-state index in [1.54, 1.807) is 4.90 Å². The van der Waals surface area contributed by atoms with Crippen molar-refractivity contribution in [3.63, 3.8) is 0 Å². The Balaban J connectivity index is 1.79. The number of hydrogen-bond donors (Lipinski definition) is 2. The summed E-state index contributed by atoms with van der Waals surface area (Å²) in [6.07, 6.45) is 3.01. The molecule has 2 aromatic rings. The highest BCUT2D eigenvalue weighted by molar-refractivity contribution is 7.85. The van der Waals surface area contributed by atoms with Crippen LogP contribution >= 0.6 is 0 Å². The van der Waals surface area contributed by atoms with Crippen LogP contribution in [0.2, 0.25) is 0 Å². The van der Waals surface area contributed by atoms with Crippen molar-refractivity contribution in [1.29, 1.82) is 5.26 Å². The van der Waals surface area contributed by atoms with Gasteiger partial charge in [0.1, 0.15) is 11.6 Å². The quantitative estimate of drug-likeness (QED) is 0.477. The van der Waals surface area contributed by atoms with Gasteiger partial charge >= 0.3 is 0 Å². The van der Waals surface area contributed by atoms with E-state index in [0.717, 1.165) is 24.1 Å². The Hall–Kier alpha value is -3.15. The smallest absolute Gasteiger partial charge is 0.294 e. The van der Waals surface area contributed by atoms with Crippen molar-refractivity contribution in [2.45, 2.75) is 17.7 Å². The van der Waals surface area contributed by atoms with Gasteiger partial charge in [-0.2, -0.15) is 13.7 Å². The fourth-order valence-electron chi connectivity index (χ4n) is 2.91. The van der Waals surface area contributed by atoms with Gasteiger partial charge in [-0.15, -0.1) is 0 Å². The van der Waals surface area contributed by atoms with Crippen LogP contribution in [0, 0.1) is 11.3 Å². The number of rotatable bonds is 4. The van der Waals surface area contributed by atoms with Crippen molar-refractivity contribution < 1.29 is 17.8 Å². The lowest BCUT2D eigenvalue weighted by molar-refractivity contribution is -0.114. The minimum atomic E-state index is -4.27. The molecule has 27 heavy (non-hydrogen) atoms. The first kappa shape index (κ1) is 18.6. The predicted molar refractivity (Wildman–Crippen MR) is 101 cm³/mol. The van der Waals surface area contributed by atoms with Crippen molar-refractivity contribution in [2.24, 2.45) is 0 Å². The number of carbonyl (C=O) groups is 1. The number of nitrogens with one attached hydrogen (secondary N) is 1. The summed E-state index contributed by atoms with van der Waals surface area (Å²) in [6.45, 7) is 0.540. The summed E-state index contributed by atoms with van der Waals surface area (Å²) in [5.74, 6) is -0.397. The lowest BCUT2D eigenvalue weighted by atomic mass is 10.0. The molecule has 1 aliphatic heterocycles. The molecule has 0 saturated carbocycles. The molecule has 1 aliphatic rings. The molecule has 1 heterocycles. The summed E-state index contributed by atoms with van der Waals surface area (Å²) >= 11 is 0. The van der Waals surface area contributed by atoms with E-state index >= 15 is 0 Å². The van der Waals surface area contributed by atoms with Crippen molar-refractivity contribution in [3.8, 4) is 6.07 Å². The van der Waals surface area contributed by atoms with E-state index in [2.05, 4.69) is 5.32 Å². The zero-order valence-electron chi connectivity index (χ0n) is 14.3. The van der Waals surface area contributed by atoms with Gasteiger partial charge in [-0.1, -0.05) is 18.2 Å². The molecule has 0 fully saturated rings. The molecule has 8 heteroatoms. The van der Waals surface area contributed by atoms with Gasteiger partial charge in [-0.25, -0.2) is 0 Å². The van der Waals surface area contributed by atoms with Gasteiger partial charge in [0.2, 0.25) is 0 Å². The molecule has 7 nitrogen and oxygen atoms in total. The number of nitrogens with zero attached hydrogens (tertiary/aromatic N) is 2. The van der Waals surface area contributed by atoms with Gasteiger partial charge < -0.3 is 10.2 Å². The largest absolute Gasteiger partial charge is 0.360 e. The zero-order chi connectivity index (χ0) is 19.4. The van der Waals surface area contributed by atoms with Gasteiger partial charge in [0.15, 0.2) is 0 Å². The van der Waals surface area contributed by atoms with E-state index < -0.39 is 16.0 Å². The highest BCUT2D eigenvalue weighted by atomic mass is 32.2. The molecular formula is C19H17N3O4S. The summed E-state index contributed by atoms with van der Waals surface area (Å²) in [5, 5.41) is 12.2. The number of fused-ring (bicyclic) bond motifs is 1. The third-order valence-electron chi connectivity index (χ3n) is 4.24. The molecule has 138 valence electrons. The van der Waals surface area contributed by atoms with Crippen molar-refractivity contribution in [1.82, 2.24) is 0 Å². The Morgan fingerprint density at radius 1 is 1.19 bits per heavy atom. The lowest BCUT2D eigenvalue weighted by Crippen LogP contribution is -2.36. The van der Waals surface area contributed by atoms with Crippen LogP contribution < -0.4 is 10.2 Å². The van der Waals surface area contributed by atoms with E-state index in [1.807, 2.05) is 30.3 Å². The Morgan fingerprint density at radius 2 is 1.89 bits per heavy atom. The number of nitriles is 1. The second kappa shape index (κ2) is 7.61. The topological polar surface area (TPSA) is 111 Å². The minimum absolute atomic E-state index is 0.0643. The minimum Gasteiger partial charge on any atom is -0.360 e. The number of aryl methyl sites for hydroxylation is 1. The van der Waals surface area contributed by atoms with E-state index in [0.29, 0.717) is 12.2 Å². The van der Waals surface area contributed by atoms with Gasteiger partial charge in [0.05, 0.1) is 4.90 Å². The van der Waals surface area contributed by atoms with E-state index in [1.165, 1.54) is 30.5 Å². The number of anilines is 2. The summed E-state index contributed by atoms with van der Waals surface area (Å²) in [7, 11) is -4.27. The Bertz CT molecular complexity index is 1040. The van der Waals surface area contributed by atoms with Crippen LogP contribution in [0.3, 0.4) is 0 Å². The summed E-state index contributed by atoms with van der Waals surface area (Å²) in [6, 6.07) is 14.8. The number of hydrogen-bond acceptors (Lipinski definition) is 5. The molecule has 0 spiro atoms. The molecule has 3 rings (SSSR count). The van der Waals surface area contributed by atoms with Crippen LogP contribution in [-0.4, -0.2) is 25.4 Å². The van der Waals surface area contributed by atoms with Crippen LogP contribution in [0.1, 0.15) is 12.0 Å². The molecule has 2 aromatic carbocycles. The van der Waals surface area contributed by atoms with Crippen molar-refractivity contribution in [3.05, 3.63) is 65.9 Å². The monoisotopic (exact) mass is 383 g/mol. The van der Waals surface area contributed by atoms with E-state index in [9.17, 15) is 18.5 Å². The van der Waals surface area contributed by atoms with Gasteiger partial charge in [-0.3, -0.25) is 9.35 Å². The molecule has 2 N–H and O–H groups in total. The summed E-state index contributed by atoms with van der Waals surface area (Å²) in [4.78, 5) is 14.1. The molecule has 0 aliphatic carbocycles. The van der Waals surface area contributed by atoms with Crippen molar-refractivity contribution >= 4 is 27.4 Å². The normalized spacial score (nSPS) is 14.2. The number of carbonyl (C=O) groups excluding carboxylic acids is 1. The molecule has 0 unspecified atom stereocenters. The molecule has 0 saturated heterocycles. The maximum Gasteiger partial charge on any atom is 0.294 e. The number of benzene rings is 2. The summed E-state index contributed by atoms with van der Waals surface area (Å²) < 4.78 is 31.1. The second-order valence-electron chi connectivity index (χ2n) is 6.00. The average molecular weight is 383 g/mol. The van der Waals surface area contributed by atoms with Crippen LogP contribution in [0.25, 0.3) is 0 Å². The zero-order valence-corrected chi connectivity index (χ0v) is 15.1. The Kier molecular flexibility index (Phi) is 5.26. The van der Waals surface area contributed by atoms with Gasteiger partial charge in [-0.05, 0) is 48.7 Å². The number of amides is 1. The molecule has 1 amide bonds. The summed E-state index contributed by atoms with van der Waals surface area (Å²) in [5.41, 5.74) is 2.29.